The number of rotatable bonds is 10. The Morgan fingerprint density at radius 2 is 2.22 bits per heavy atom. The van der Waals surface area contributed by atoms with Gasteiger partial charge in [0.1, 0.15) is 12.2 Å². The van der Waals surface area contributed by atoms with Gasteiger partial charge in [-0.1, -0.05) is 29.9 Å². The fourth-order valence-electron chi connectivity index (χ4n) is 3.76. The van der Waals surface area contributed by atoms with Crippen molar-refractivity contribution < 1.29 is 52.1 Å². The Kier molecular flexibility index (Phi) is 3.48. The largest absolute Gasteiger partial charge is 0.394 e. The van der Waals surface area contributed by atoms with Crippen molar-refractivity contribution in [3.63, 3.8) is 0 Å². The van der Waals surface area contributed by atoms with E-state index in [9.17, 15) is 24.1 Å². The number of nitrogens with zero attached hydrogens (tertiary/aromatic N) is 5. The maximum Gasteiger partial charge on any atom is 0.191 e. The number of anilines is 1. The smallest absolute Gasteiger partial charge is 0.191 e. The number of aliphatic hydroxyl groups is 3. The van der Waals surface area contributed by atoms with E-state index >= 15 is 0 Å². The van der Waals surface area contributed by atoms with Crippen LogP contribution in [0.5, 0.6) is 0 Å². The van der Waals surface area contributed by atoms with Crippen LogP contribution < -0.4 is 5.32 Å². The van der Waals surface area contributed by atoms with E-state index in [1.807, 2.05) is 0 Å². The Morgan fingerprint density at radius 3 is 3.03 bits per heavy atom. The Labute approximate surface area is 234 Å². The molecule has 6 atom stereocenters. The highest BCUT2D eigenvalue weighted by molar-refractivity contribution is 7.99. The number of hydrogen-bond acceptors (Lipinski definition) is 10. The molecule has 0 amide bonds. The molecular weight excluding hydrogens is 494 g/mol. The summed E-state index contributed by atoms with van der Waals surface area (Å²) in [4.78, 5) is 8.08. The average molecular weight is 540 g/mol. The maximum absolute atomic E-state index is 14.5. The minimum Gasteiger partial charge on any atom is -0.394 e. The van der Waals surface area contributed by atoms with E-state index in [0.29, 0.717) is 0 Å². The number of benzene rings is 1. The van der Waals surface area contributed by atoms with Gasteiger partial charge in [0.05, 0.1) is 34.9 Å². The highest BCUT2D eigenvalue weighted by Gasteiger charge is 2.45. The average Bonchev–Trinajstić information content (AvgIpc) is 3.31. The molecule has 0 aliphatic heterocycles. The fourth-order valence-corrected chi connectivity index (χ4v) is 4.17. The molecule has 0 radical (unpaired) electrons. The number of aromatic nitrogens is 5. The van der Waals surface area contributed by atoms with E-state index in [-0.39, 0.29) is 11.8 Å². The molecule has 2 aromatic heterocycles. The molecule has 0 spiro atoms. The van der Waals surface area contributed by atoms with Crippen molar-refractivity contribution >= 4 is 28.7 Å². The standard InChI is InChI=1S/C23H28F2N6O4S/c1-2-7-36-23-27-21(26-15-9-12(15)11-3-4-13(24)14(25)8-11)18-22(28-23)31(30-29-18)16-10-17(35-6-5-32)20(34)19(16)33/h3-4,8,12,15-17,19-20,32-34H,2,5-7,9-10H2,1H3,(H,26,27,28)/t12?,15-,16+,17-,19-,20+/m0/s1/i1D3,2D2,3D,4D,5D2,6D2,7D2,8D,9D2,12D. The van der Waals surface area contributed by atoms with Crippen LogP contribution in [0.15, 0.2) is 23.3 Å². The minimum atomic E-state index is -3.57. The lowest BCUT2D eigenvalue weighted by Gasteiger charge is -2.17. The van der Waals surface area contributed by atoms with E-state index in [1.165, 1.54) is 0 Å². The molecule has 2 heterocycles. The Bertz CT molecular complexity index is 1920. The summed E-state index contributed by atoms with van der Waals surface area (Å²) in [6.45, 7) is -10.5. The van der Waals surface area contributed by atoms with Gasteiger partial charge in [-0.15, -0.1) is 5.10 Å². The maximum atomic E-state index is 14.5. The third kappa shape index (κ3) is 4.90. The summed E-state index contributed by atoms with van der Waals surface area (Å²) in [5.74, 6) is -7.21. The van der Waals surface area contributed by atoms with Gasteiger partial charge in [-0.25, -0.2) is 23.4 Å². The molecule has 10 nitrogen and oxygen atoms in total. The summed E-state index contributed by atoms with van der Waals surface area (Å²) in [5, 5.41) is 40.5. The molecule has 13 heteroatoms. The van der Waals surface area contributed by atoms with Crippen molar-refractivity contribution in [1.29, 1.82) is 0 Å². The minimum absolute atomic E-state index is 0.175. The molecular formula is C23H28F2N6O4S. The van der Waals surface area contributed by atoms with Gasteiger partial charge in [0, 0.05) is 37.8 Å². The summed E-state index contributed by atoms with van der Waals surface area (Å²) in [5.41, 5.74) is -5.33. The highest BCUT2D eigenvalue weighted by Crippen LogP contribution is 2.44. The van der Waals surface area contributed by atoms with Crippen molar-refractivity contribution in [3.8, 4) is 0 Å². The lowest BCUT2D eigenvalue weighted by Crippen LogP contribution is -2.33. The van der Waals surface area contributed by atoms with Crippen LogP contribution in [-0.4, -0.2) is 83.5 Å². The number of hydrogen-bond donors (Lipinski definition) is 4. The lowest BCUT2D eigenvalue weighted by molar-refractivity contribution is -0.0629. The van der Waals surface area contributed by atoms with Crippen LogP contribution in [0.25, 0.3) is 11.2 Å². The van der Waals surface area contributed by atoms with E-state index in [0.717, 1.165) is 4.68 Å². The van der Waals surface area contributed by atoms with Crippen molar-refractivity contribution in [2.75, 3.05) is 24.1 Å². The molecule has 4 N–H and O–H groups in total. The predicted octanol–water partition coefficient (Wildman–Crippen LogP) is 2.01. The first-order valence-corrected chi connectivity index (χ1v) is 11.0. The monoisotopic (exact) mass is 539 g/mol. The summed E-state index contributed by atoms with van der Waals surface area (Å²) in [6, 6.07) is -7.29. The molecule has 36 heavy (non-hydrogen) atoms. The summed E-state index contributed by atoms with van der Waals surface area (Å²) in [6.07, 6.45) is -12.5. The van der Waals surface area contributed by atoms with Gasteiger partial charge < -0.3 is 25.4 Å². The molecule has 0 saturated heterocycles. The van der Waals surface area contributed by atoms with Gasteiger partial charge in [-0.2, -0.15) is 0 Å². The molecule has 2 saturated carbocycles. The molecule has 2 aliphatic carbocycles. The second-order valence-electron chi connectivity index (χ2n) is 7.56. The lowest BCUT2D eigenvalue weighted by atomic mass is 10.1. The normalized spacial score (nSPS) is 39.9. The Balaban J connectivity index is 1.63. The zero-order chi connectivity index (χ0) is 40.4. The first-order chi connectivity index (χ1) is 23.8. The molecule has 3 aromatic rings. The van der Waals surface area contributed by atoms with E-state index in [1.54, 1.807) is 0 Å². The van der Waals surface area contributed by atoms with Crippen LogP contribution >= 0.6 is 11.8 Å². The quantitative estimate of drug-likeness (QED) is 0.224. The second kappa shape index (κ2) is 10.5. The number of halogens is 2. The number of nitrogens with one attached hydrogen (secondary N) is 1. The van der Waals surface area contributed by atoms with Crippen LogP contribution in [0.1, 0.15) is 66.8 Å². The molecule has 2 fully saturated rings. The third-order valence-electron chi connectivity index (χ3n) is 5.45. The molecule has 5 rings (SSSR count). The topological polar surface area (TPSA) is 138 Å². The third-order valence-corrected chi connectivity index (χ3v) is 6.02. The van der Waals surface area contributed by atoms with Crippen LogP contribution in [0.4, 0.5) is 14.6 Å². The highest BCUT2D eigenvalue weighted by atomic mass is 32.2. The van der Waals surface area contributed by atoms with Crippen molar-refractivity contribution in [3.05, 3.63) is 35.3 Å². The van der Waals surface area contributed by atoms with Gasteiger partial charge in [0.2, 0.25) is 0 Å². The van der Waals surface area contributed by atoms with Gasteiger partial charge in [-0.05, 0) is 30.4 Å². The molecule has 1 aromatic carbocycles. The van der Waals surface area contributed by atoms with Crippen molar-refractivity contribution in [2.45, 2.75) is 67.5 Å². The van der Waals surface area contributed by atoms with Crippen LogP contribution in [0.3, 0.4) is 0 Å². The van der Waals surface area contributed by atoms with Gasteiger partial charge in [0.15, 0.2) is 33.8 Å². The number of aliphatic hydroxyl groups excluding tert-OH is 2. The van der Waals surface area contributed by atoms with Crippen LogP contribution in [0, 0.1) is 11.6 Å². The summed E-state index contributed by atoms with van der Waals surface area (Å²) in [7, 11) is 0. The van der Waals surface area contributed by atoms with Gasteiger partial charge >= 0.3 is 0 Å². The van der Waals surface area contributed by atoms with Crippen molar-refractivity contribution in [2.24, 2.45) is 0 Å². The first kappa shape index (κ1) is 11.9. The first-order valence-electron chi connectivity index (χ1n) is 18.6. The van der Waals surface area contributed by atoms with Gasteiger partial charge in [0.25, 0.3) is 0 Å². The zero-order valence-corrected chi connectivity index (χ0v) is 18.6. The van der Waals surface area contributed by atoms with Crippen LogP contribution in [0.2, 0.25) is 0 Å². The van der Waals surface area contributed by atoms with Crippen LogP contribution in [-0.2, 0) is 4.74 Å². The SMILES string of the molecule is [2H]c1c([2H])c(C2([2H])[C@@H](Nc3nc(SC([2H])([2H])C([2H])([2H])C([2H])([2H])[2H])nc4c3nnn4[C@@H]3C[C@H](OC([2H])([2H])C([2H])([2H])O)[C@@H](O)[C@H]3O)C2([2H])[2H])c([2H])c(F)c1F. The van der Waals surface area contributed by atoms with Crippen molar-refractivity contribution in [1.82, 2.24) is 25.0 Å². The summed E-state index contributed by atoms with van der Waals surface area (Å²) < 4.78 is 169. The molecule has 1 unspecified atom stereocenters. The van der Waals surface area contributed by atoms with E-state index in [4.69, 9.17) is 28.0 Å². The predicted molar refractivity (Wildman–Crippen MR) is 128 cm³/mol. The zero-order valence-electron chi connectivity index (χ0n) is 34.7. The fraction of sp³-hybridized carbons (Fsp3) is 0.565. The molecule has 194 valence electrons. The Hall–Kier alpha value is -2.45. The Morgan fingerprint density at radius 1 is 1.36 bits per heavy atom. The second-order valence-corrected chi connectivity index (χ2v) is 8.33. The molecule has 0 bridgehead atoms. The van der Waals surface area contributed by atoms with Gasteiger partial charge in [-0.3, -0.25) is 0 Å². The number of thioether (sulfide) groups is 1. The van der Waals surface area contributed by atoms with E-state index < -0.39 is 139 Å². The van der Waals surface area contributed by atoms with E-state index in [2.05, 4.69) is 25.6 Å². The number of ether oxygens (including phenoxy) is 1. The number of fused-ring (bicyclic) bond motifs is 1. The molecule has 2 aliphatic rings. The summed E-state index contributed by atoms with van der Waals surface area (Å²) >= 11 is -0.175.